The van der Waals surface area contributed by atoms with E-state index in [1.165, 1.54) is 22.2 Å². The van der Waals surface area contributed by atoms with E-state index in [0.29, 0.717) is 87.4 Å². The van der Waals surface area contributed by atoms with E-state index in [-0.39, 0.29) is 27.4 Å². The van der Waals surface area contributed by atoms with Gasteiger partial charge < -0.3 is 0 Å². The Morgan fingerprint density at radius 2 is 1.04 bits per heavy atom. The van der Waals surface area contributed by atoms with E-state index in [4.69, 9.17) is 0 Å². The first-order valence-corrected chi connectivity index (χ1v) is 17.3. The molecule has 6 rings (SSSR count). The summed E-state index contributed by atoms with van der Waals surface area (Å²) in [6, 6.07) is 7.54. The molecule has 0 unspecified atom stereocenters. The fraction of sp³-hybridized carbons (Fsp3) is 0.484. The summed E-state index contributed by atoms with van der Waals surface area (Å²) < 4.78 is 124. The van der Waals surface area contributed by atoms with Gasteiger partial charge in [0.15, 0.2) is 11.6 Å². The first-order chi connectivity index (χ1) is 23.7. The number of hydrazine groups is 1. The second-order valence-corrected chi connectivity index (χ2v) is 14.2. The van der Waals surface area contributed by atoms with Gasteiger partial charge in [-0.05, 0) is 67.5 Å². The molecule has 50 heavy (non-hydrogen) atoms. The van der Waals surface area contributed by atoms with Gasteiger partial charge in [-0.3, -0.25) is 19.8 Å². The molecule has 2 saturated heterocycles. The molecule has 0 N–H and O–H groups in total. The number of aryl methyl sites for hydroxylation is 1. The molecule has 0 spiro atoms. The maximum atomic E-state index is 14.2. The minimum absolute atomic E-state index is 0.149. The summed E-state index contributed by atoms with van der Waals surface area (Å²) in [6.07, 6.45) is -8.10. The zero-order valence-electron chi connectivity index (χ0n) is 26.5. The molecule has 0 radical (unpaired) electrons. The zero-order valence-corrected chi connectivity index (χ0v) is 28.1. The topological polar surface area (TPSA) is 64.5 Å². The van der Waals surface area contributed by atoms with Crippen molar-refractivity contribution in [3.63, 3.8) is 0 Å². The van der Waals surface area contributed by atoms with E-state index >= 15 is 0 Å². The zero-order chi connectivity index (χ0) is 35.8. The van der Waals surface area contributed by atoms with Crippen LogP contribution < -0.4 is 10.0 Å². The minimum Gasteiger partial charge on any atom is -0.299 e. The van der Waals surface area contributed by atoms with Crippen LogP contribution in [0.5, 0.6) is 0 Å². The lowest BCUT2D eigenvalue weighted by molar-refractivity contribution is -0.138. The Morgan fingerprint density at radius 1 is 0.620 bits per heavy atom. The quantitative estimate of drug-likeness (QED) is 0.128. The third-order valence-electron chi connectivity index (χ3n) is 8.78. The van der Waals surface area contributed by atoms with Crippen LogP contribution in [-0.4, -0.2) is 68.5 Å². The summed E-state index contributed by atoms with van der Waals surface area (Å²) in [7, 11) is 0. The number of halogens is 9. The molecule has 2 aromatic carbocycles. The number of rotatable bonds is 9. The number of piperidine rings is 2. The normalized spacial score (nSPS) is 17.4. The SMILES string of the molecule is Cc1ccc(CN2CCC(N(c3nnc(C(F)(F)F)s3)N(c3nnc(C(F)(F)F)s3)C3CCN(Cc4ccc(F)c(F)c4)CC3)CC2)cc1F. The Hall–Kier alpha value is -3.55. The Labute approximate surface area is 289 Å². The number of nitrogens with zero attached hydrogens (tertiary/aromatic N) is 8. The van der Waals surface area contributed by atoms with Crippen LogP contribution in [0.2, 0.25) is 0 Å². The van der Waals surface area contributed by atoms with Gasteiger partial charge >= 0.3 is 12.4 Å². The Balaban J connectivity index is 1.29. The standard InChI is InChI=1S/C31H31F9N8S2/c1-18-2-3-19(14-24(18)33)16-45-10-6-21(7-11-45)47(28-43-41-26(49-28)30(35,36)37)48(29-44-42-27(50-29)31(38,39)40)22-8-12-46(13-9-22)17-20-4-5-23(32)25(34)15-20/h2-5,14-15,21-22H,6-13,16-17H2,1H3. The highest BCUT2D eigenvalue weighted by atomic mass is 32.1. The van der Waals surface area contributed by atoms with Gasteiger partial charge in [0.2, 0.25) is 20.3 Å². The molecule has 2 aliphatic heterocycles. The summed E-state index contributed by atoms with van der Waals surface area (Å²) in [5, 5.41) is 14.8. The van der Waals surface area contributed by atoms with E-state index in [2.05, 4.69) is 25.3 Å². The lowest BCUT2D eigenvalue weighted by Crippen LogP contribution is -2.59. The van der Waals surface area contributed by atoms with Crippen LogP contribution in [0.1, 0.15) is 52.4 Å². The van der Waals surface area contributed by atoms with Gasteiger partial charge in [0.1, 0.15) is 5.82 Å². The number of benzene rings is 2. The van der Waals surface area contributed by atoms with Crippen LogP contribution in [0.15, 0.2) is 36.4 Å². The molecule has 0 bridgehead atoms. The van der Waals surface area contributed by atoms with Gasteiger partial charge in [-0.25, -0.2) is 13.2 Å². The van der Waals surface area contributed by atoms with Crippen molar-refractivity contribution >= 4 is 32.9 Å². The molecule has 8 nitrogen and oxygen atoms in total. The molecule has 4 heterocycles. The fourth-order valence-electron chi connectivity index (χ4n) is 6.23. The van der Waals surface area contributed by atoms with Crippen LogP contribution in [0.4, 0.5) is 49.8 Å². The third-order valence-corrected chi connectivity index (χ3v) is 10.7. The van der Waals surface area contributed by atoms with Gasteiger partial charge in [-0.15, -0.1) is 20.4 Å². The monoisotopic (exact) mass is 750 g/mol. The van der Waals surface area contributed by atoms with Crippen LogP contribution in [0.25, 0.3) is 0 Å². The van der Waals surface area contributed by atoms with Crippen molar-refractivity contribution in [3.05, 3.63) is 80.6 Å². The molecule has 0 saturated carbocycles. The number of hydrogen-bond acceptors (Lipinski definition) is 10. The van der Waals surface area contributed by atoms with Crippen molar-refractivity contribution in [1.82, 2.24) is 30.2 Å². The maximum Gasteiger partial charge on any atom is 0.445 e. The number of likely N-dealkylation sites (tertiary alicyclic amines) is 2. The average Bonchev–Trinajstić information content (AvgIpc) is 3.76. The average molecular weight is 751 g/mol. The summed E-state index contributed by atoms with van der Waals surface area (Å²) in [4.78, 5) is 4.06. The second-order valence-electron chi connectivity index (χ2n) is 12.3. The molecule has 0 amide bonds. The van der Waals surface area contributed by atoms with E-state index in [9.17, 15) is 39.5 Å². The van der Waals surface area contributed by atoms with Crippen molar-refractivity contribution in [2.45, 2.75) is 70.1 Å². The first-order valence-electron chi connectivity index (χ1n) is 15.7. The van der Waals surface area contributed by atoms with Crippen molar-refractivity contribution in [3.8, 4) is 0 Å². The van der Waals surface area contributed by atoms with Crippen molar-refractivity contribution < 1.29 is 39.5 Å². The second kappa shape index (κ2) is 14.6. The molecule has 4 aromatic rings. The van der Waals surface area contributed by atoms with Crippen LogP contribution in [0, 0.1) is 24.4 Å². The predicted octanol–water partition coefficient (Wildman–Crippen LogP) is 7.71. The smallest absolute Gasteiger partial charge is 0.299 e. The maximum absolute atomic E-state index is 14.2. The molecule has 0 atom stereocenters. The third kappa shape index (κ3) is 8.32. The highest BCUT2D eigenvalue weighted by Gasteiger charge is 2.43. The summed E-state index contributed by atoms with van der Waals surface area (Å²) in [6.45, 7) is 4.11. The molecular formula is C31H31F9N8S2. The largest absolute Gasteiger partial charge is 0.445 e. The van der Waals surface area contributed by atoms with Gasteiger partial charge in [0.25, 0.3) is 0 Å². The highest BCUT2D eigenvalue weighted by Crippen LogP contribution is 2.42. The highest BCUT2D eigenvalue weighted by molar-refractivity contribution is 7.16. The van der Waals surface area contributed by atoms with Crippen molar-refractivity contribution in [2.24, 2.45) is 0 Å². The van der Waals surface area contributed by atoms with E-state index in [1.54, 1.807) is 13.0 Å². The molecule has 2 aromatic heterocycles. The van der Waals surface area contributed by atoms with Crippen molar-refractivity contribution in [1.29, 1.82) is 0 Å². The van der Waals surface area contributed by atoms with E-state index < -0.39 is 46.1 Å². The summed E-state index contributed by atoms with van der Waals surface area (Å²) in [5.41, 5.74) is 1.81. The lowest BCUT2D eigenvalue weighted by atomic mass is 10.0. The Morgan fingerprint density at radius 3 is 1.42 bits per heavy atom. The van der Waals surface area contributed by atoms with E-state index in [1.807, 2.05) is 11.0 Å². The molecule has 270 valence electrons. The van der Waals surface area contributed by atoms with Crippen molar-refractivity contribution in [2.75, 3.05) is 36.2 Å². The Kier molecular flexibility index (Phi) is 10.6. The minimum atomic E-state index is -4.80. The van der Waals surface area contributed by atoms with Gasteiger partial charge in [0.05, 0.1) is 12.1 Å². The number of aromatic nitrogens is 4. The van der Waals surface area contributed by atoms with Crippen LogP contribution in [-0.2, 0) is 25.4 Å². The van der Waals surface area contributed by atoms with Crippen LogP contribution in [0.3, 0.4) is 0 Å². The van der Waals surface area contributed by atoms with Gasteiger partial charge in [0, 0.05) is 39.3 Å². The number of alkyl halides is 6. The predicted molar refractivity (Wildman–Crippen MR) is 169 cm³/mol. The summed E-state index contributed by atoms with van der Waals surface area (Å²) in [5.74, 6) is -2.29. The van der Waals surface area contributed by atoms with Crippen LogP contribution >= 0.6 is 22.7 Å². The number of anilines is 2. The lowest BCUT2D eigenvalue weighted by Gasteiger charge is -2.48. The molecular weight excluding hydrogens is 720 g/mol. The first kappa shape index (κ1) is 36.2. The number of hydrogen-bond donors (Lipinski definition) is 0. The molecule has 2 fully saturated rings. The molecule has 19 heteroatoms. The van der Waals surface area contributed by atoms with E-state index in [0.717, 1.165) is 17.7 Å². The van der Waals surface area contributed by atoms with Gasteiger partial charge in [-0.1, -0.05) is 40.9 Å². The molecule has 2 aliphatic rings. The fourth-order valence-corrected chi connectivity index (χ4v) is 7.79. The van der Waals surface area contributed by atoms with Gasteiger partial charge in [-0.2, -0.15) is 26.3 Å². The Bertz CT molecular complexity index is 1640. The summed E-state index contributed by atoms with van der Waals surface area (Å²) >= 11 is 0.578. The molecule has 0 aliphatic carbocycles.